The molecule has 0 bridgehead atoms. The molecule has 1 aliphatic heterocycles. The summed E-state index contributed by atoms with van der Waals surface area (Å²) in [5, 5.41) is 20.7. The lowest BCUT2D eigenvalue weighted by molar-refractivity contribution is 0.0697. The summed E-state index contributed by atoms with van der Waals surface area (Å²) in [5.41, 5.74) is 2.02. The number of halogens is 4. The van der Waals surface area contributed by atoms with E-state index in [1.54, 1.807) is 24.3 Å². The van der Waals surface area contributed by atoms with E-state index in [9.17, 15) is 19.8 Å². The number of aromatic carboxylic acids is 1. The van der Waals surface area contributed by atoms with Gasteiger partial charge in [0.15, 0.2) is 11.3 Å². The molecule has 2 aromatic rings. The third kappa shape index (κ3) is 3.54. The third-order valence-corrected chi connectivity index (χ3v) is 8.27. The first kappa shape index (κ1) is 21.5. The van der Waals surface area contributed by atoms with Crippen molar-refractivity contribution in [1.82, 2.24) is 0 Å². The Morgan fingerprint density at radius 1 is 0.931 bits per heavy atom. The van der Waals surface area contributed by atoms with Gasteiger partial charge in [0.05, 0.1) is 16.3 Å². The molecule has 2 N–H and O–H groups in total. The first-order chi connectivity index (χ1) is 13.7. The van der Waals surface area contributed by atoms with E-state index in [1.807, 2.05) is 96.4 Å². The van der Waals surface area contributed by atoms with Gasteiger partial charge in [-0.05, 0) is 114 Å². The van der Waals surface area contributed by atoms with Crippen molar-refractivity contribution in [1.29, 1.82) is 0 Å². The number of hydrogen-bond acceptors (Lipinski definition) is 4. The topological polar surface area (TPSA) is 87.7 Å². The van der Waals surface area contributed by atoms with Gasteiger partial charge in [-0.25, -0.2) is 4.79 Å². The molecule has 0 radical (unpaired) electrons. The molecule has 0 unspecified atom stereocenters. The number of carboxylic acid groups (broad SMARTS) is 1. The maximum absolute atomic E-state index is 12.9. The highest BCUT2D eigenvalue weighted by molar-refractivity contribution is 14.1. The molecule has 146 valence electrons. The fourth-order valence-corrected chi connectivity index (χ4v) is 7.00. The molecule has 4 rings (SSSR count). The van der Waals surface area contributed by atoms with Gasteiger partial charge in [-0.15, -0.1) is 0 Å². The van der Waals surface area contributed by atoms with Gasteiger partial charge in [0.2, 0.25) is 5.43 Å². The van der Waals surface area contributed by atoms with Crippen LogP contribution in [-0.4, -0.2) is 16.2 Å². The minimum Gasteiger partial charge on any atom is -0.506 e. The van der Waals surface area contributed by atoms with Crippen molar-refractivity contribution >= 4 is 107 Å². The number of benzene rings is 3. The molecule has 2 aromatic carbocycles. The average molecular weight is 836 g/mol. The number of carboxylic acids is 1. The Bertz CT molecular complexity index is 1360. The molecule has 0 saturated heterocycles. The van der Waals surface area contributed by atoms with Gasteiger partial charge in [-0.3, -0.25) is 4.79 Å². The highest BCUT2D eigenvalue weighted by atomic mass is 127. The van der Waals surface area contributed by atoms with Crippen molar-refractivity contribution in [2.24, 2.45) is 0 Å². The van der Waals surface area contributed by atoms with E-state index in [1.165, 1.54) is 6.07 Å². The molecule has 1 aliphatic carbocycles. The van der Waals surface area contributed by atoms with Crippen LogP contribution in [-0.2, 0) is 0 Å². The summed E-state index contributed by atoms with van der Waals surface area (Å²) >= 11 is 7.98. The Morgan fingerprint density at radius 2 is 1.62 bits per heavy atom. The van der Waals surface area contributed by atoms with Crippen LogP contribution in [0.4, 0.5) is 0 Å². The van der Waals surface area contributed by atoms with Crippen molar-refractivity contribution in [3.8, 4) is 28.2 Å². The Labute approximate surface area is 218 Å². The zero-order valence-electron chi connectivity index (χ0n) is 14.1. The molecule has 0 amide bonds. The smallest absolute Gasteiger partial charge is 0.336 e. The first-order valence-corrected chi connectivity index (χ1v) is 12.3. The van der Waals surface area contributed by atoms with Gasteiger partial charge in [0, 0.05) is 16.5 Å². The van der Waals surface area contributed by atoms with Crippen LogP contribution in [0.2, 0.25) is 0 Å². The quantitative estimate of drug-likeness (QED) is 0.181. The fourth-order valence-electron chi connectivity index (χ4n) is 3.13. The largest absolute Gasteiger partial charge is 0.506 e. The van der Waals surface area contributed by atoms with E-state index in [4.69, 9.17) is 4.42 Å². The maximum Gasteiger partial charge on any atom is 0.336 e. The van der Waals surface area contributed by atoms with Crippen LogP contribution in [0, 0.1) is 14.3 Å². The molecule has 1 heterocycles. The molecule has 0 fully saturated rings. The van der Waals surface area contributed by atoms with Gasteiger partial charge in [0.25, 0.3) is 0 Å². The summed E-state index contributed by atoms with van der Waals surface area (Å²) in [4.78, 5) is 24.7. The van der Waals surface area contributed by atoms with Crippen LogP contribution >= 0.6 is 90.4 Å². The van der Waals surface area contributed by atoms with E-state index in [2.05, 4.69) is 0 Å². The number of hydrogen-bond donors (Lipinski definition) is 2. The summed E-state index contributed by atoms with van der Waals surface area (Å²) in [6.07, 6.45) is 0. The number of carbonyl (C=O) groups is 1. The lowest BCUT2D eigenvalue weighted by Gasteiger charge is -2.18. The normalized spacial score (nSPS) is 11.3. The first-order valence-electron chi connectivity index (χ1n) is 8.00. The van der Waals surface area contributed by atoms with Gasteiger partial charge >= 0.3 is 5.97 Å². The summed E-state index contributed by atoms with van der Waals surface area (Å²) in [6, 6.07) is 10.3. The molecule has 9 heteroatoms. The van der Waals surface area contributed by atoms with Crippen molar-refractivity contribution in [3.05, 3.63) is 66.5 Å². The third-order valence-electron chi connectivity index (χ3n) is 4.44. The molecule has 2 aliphatic rings. The van der Waals surface area contributed by atoms with Gasteiger partial charge in [-0.1, -0.05) is 18.2 Å². The number of fused-ring (bicyclic) bond motifs is 2. The molecule has 0 saturated carbocycles. The highest BCUT2D eigenvalue weighted by Gasteiger charge is 2.27. The lowest BCUT2D eigenvalue weighted by atomic mass is 9.92. The van der Waals surface area contributed by atoms with E-state index >= 15 is 0 Å². The van der Waals surface area contributed by atoms with Crippen molar-refractivity contribution < 1.29 is 19.4 Å². The summed E-state index contributed by atoms with van der Waals surface area (Å²) in [7, 11) is 0. The Hall–Kier alpha value is -0.680. The standard InChI is InChI=1S/C20H8I4O5/c21-11-6-7-5-10-12(8-3-1-2-4-9(8)20(27)28)13(22)17(26)15(24)19(10)29-18(7)14(23)16(11)25/h1-6,25H,(H,27,28). The Morgan fingerprint density at radius 3 is 2.31 bits per heavy atom. The second-order valence-electron chi connectivity index (χ2n) is 6.11. The molecule has 29 heavy (non-hydrogen) atoms. The van der Waals surface area contributed by atoms with Crippen LogP contribution in [0.25, 0.3) is 33.4 Å². The minimum absolute atomic E-state index is 0.113. The summed E-state index contributed by atoms with van der Waals surface area (Å²) < 4.78 is 8.19. The second kappa shape index (κ2) is 8.11. The SMILES string of the molecule is O=C(O)c1ccccc1-c1c2cc3cc(I)c(O)c(I)c3oc-2c(I)c(=O)c1I. The Kier molecular flexibility index (Phi) is 6.02. The zero-order valence-corrected chi connectivity index (χ0v) is 22.7. The number of phenolic OH excluding ortho intramolecular Hbond substituents is 1. The number of rotatable bonds is 2. The second-order valence-corrected chi connectivity index (χ2v) is 10.5. The molecule has 0 atom stereocenters. The van der Waals surface area contributed by atoms with Gasteiger partial charge < -0.3 is 14.6 Å². The lowest BCUT2D eigenvalue weighted by Crippen LogP contribution is -2.15. The van der Waals surface area contributed by atoms with E-state index in [0.717, 1.165) is 5.39 Å². The maximum atomic E-state index is 12.9. The van der Waals surface area contributed by atoms with E-state index in [-0.39, 0.29) is 16.7 Å². The molecule has 0 spiro atoms. The molecule has 5 nitrogen and oxygen atoms in total. The van der Waals surface area contributed by atoms with Crippen LogP contribution < -0.4 is 5.43 Å². The van der Waals surface area contributed by atoms with E-state index in [0.29, 0.717) is 42.3 Å². The minimum atomic E-state index is -1.07. The predicted octanol–water partition coefficient (Wildman–Crippen LogP) is 6.39. The average Bonchev–Trinajstić information content (AvgIpc) is 2.70. The van der Waals surface area contributed by atoms with Crippen molar-refractivity contribution in [2.75, 3.05) is 0 Å². The number of aromatic hydroxyl groups is 1. The Balaban J connectivity index is 2.24. The van der Waals surface area contributed by atoms with Crippen LogP contribution in [0.5, 0.6) is 5.75 Å². The van der Waals surface area contributed by atoms with Gasteiger partial charge in [0.1, 0.15) is 9.32 Å². The number of phenols is 1. The summed E-state index contributed by atoms with van der Waals surface area (Å²) in [5.74, 6) is -0.569. The predicted molar refractivity (Wildman–Crippen MR) is 144 cm³/mol. The van der Waals surface area contributed by atoms with E-state index < -0.39 is 5.97 Å². The van der Waals surface area contributed by atoms with Crippen molar-refractivity contribution in [3.63, 3.8) is 0 Å². The van der Waals surface area contributed by atoms with Crippen LogP contribution in [0.15, 0.2) is 45.6 Å². The summed E-state index contributed by atoms with van der Waals surface area (Å²) in [6.45, 7) is 0. The van der Waals surface area contributed by atoms with Gasteiger partial charge in [-0.2, -0.15) is 0 Å². The van der Waals surface area contributed by atoms with Crippen molar-refractivity contribution in [2.45, 2.75) is 0 Å². The highest BCUT2D eigenvalue weighted by Crippen LogP contribution is 2.43. The van der Waals surface area contributed by atoms with Crippen LogP contribution in [0.3, 0.4) is 0 Å². The molecule has 0 aromatic heterocycles. The monoisotopic (exact) mass is 836 g/mol. The molecular formula is C20H8I4O5. The zero-order chi connectivity index (χ0) is 21.0. The van der Waals surface area contributed by atoms with Crippen LogP contribution in [0.1, 0.15) is 10.4 Å². The fraction of sp³-hybridized carbons (Fsp3) is 0. The molecular weight excluding hydrogens is 828 g/mol.